The van der Waals surface area contributed by atoms with Crippen LogP contribution in [0.1, 0.15) is 89.2 Å². The Balaban J connectivity index is 0.000000237. The van der Waals surface area contributed by atoms with Crippen molar-refractivity contribution in [2.24, 2.45) is 11.8 Å². The second kappa shape index (κ2) is 17.4. The Labute approximate surface area is 271 Å². The smallest absolute Gasteiger partial charge is 1.00 e. The first kappa shape index (κ1) is 34.7. The number of hydrogen-bond acceptors (Lipinski definition) is 0. The molecule has 6 rings (SSSR count). The molecule has 4 aliphatic carbocycles. The van der Waals surface area contributed by atoms with Crippen molar-refractivity contribution in [3.63, 3.8) is 0 Å². The largest absolute Gasteiger partial charge is 1.00 e. The standard InChI is InChI=1S/2C17H19.C3H6.2ClH.Zr/c2*1-13-11-15-9-5-6-10-16(17(15)12-13)14-7-3-2-4-8-14;1-3-2;;;/h2*2-5,7-9,11,13,16H,6,10,12H2,1H3;1-2H3;2*1H;/q2*-1;;;;+2/p-2. The molecule has 0 aliphatic heterocycles. The quantitative estimate of drug-likeness (QED) is 0.431. The van der Waals surface area contributed by atoms with Crippen molar-refractivity contribution in [1.29, 1.82) is 0 Å². The maximum atomic E-state index is 2.44. The summed E-state index contributed by atoms with van der Waals surface area (Å²) in [6.07, 6.45) is 21.7. The molecular weight excluding hydrogens is 607 g/mol. The Morgan fingerprint density at radius 2 is 1.00 bits per heavy atom. The summed E-state index contributed by atoms with van der Waals surface area (Å²) in [5, 5.41) is 0. The Bertz CT molecular complexity index is 1100. The van der Waals surface area contributed by atoms with Crippen molar-refractivity contribution in [1.82, 2.24) is 0 Å². The van der Waals surface area contributed by atoms with Crippen molar-refractivity contribution in [3.8, 4) is 0 Å². The summed E-state index contributed by atoms with van der Waals surface area (Å²) in [5.74, 6) is 2.72. The van der Waals surface area contributed by atoms with Crippen LogP contribution in [0.4, 0.5) is 0 Å². The summed E-state index contributed by atoms with van der Waals surface area (Å²) >= 11 is 1.55. The molecule has 40 heavy (non-hydrogen) atoms. The molecule has 0 heterocycles. The van der Waals surface area contributed by atoms with Crippen LogP contribution in [-0.4, -0.2) is 3.21 Å². The van der Waals surface area contributed by atoms with Gasteiger partial charge in [0.2, 0.25) is 0 Å². The third-order valence-corrected chi connectivity index (χ3v) is 7.84. The van der Waals surface area contributed by atoms with Gasteiger partial charge in [0.05, 0.1) is 0 Å². The van der Waals surface area contributed by atoms with Gasteiger partial charge < -0.3 is 24.8 Å². The van der Waals surface area contributed by atoms with Crippen LogP contribution in [0.5, 0.6) is 0 Å². The average Bonchev–Trinajstić information content (AvgIpc) is 3.31. The first-order valence-corrected chi connectivity index (χ1v) is 15.8. The zero-order chi connectivity index (χ0) is 26.9. The molecule has 0 fully saturated rings. The molecule has 0 saturated heterocycles. The van der Waals surface area contributed by atoms with Crippen molar-refractivity contribution in [3.05, 3.63) is 131 Å². The summed E-state index contributed by atoms with van der Waals surface area (Å²) in [5.41, 5.74) is 9.32. The number of allylic oxidation sites excluding steroid dienone is 8. The topological polar surface area (TPSA) is 0 Å². The van der Waals surface area contributed by atoms with Gasteiger partial charge in [-0.1, -0.05) is 123 Å². The monoisotopic (exact) mass is 648 g/mol. The van der Waals surface area contributed by atoms with E-state index in [4.69, 9.17) is 0 Å². The van der Waals surface area contributed by atoms with E-state index in [2.05, 4.69) is 126 Å². The van der Waals surface area contributed by atoms with Gasteiger partial charge in [0.15, 0.2) is 0 Å². The molecule has 2 aromatic carbocycles. The van der Waals surface area contributed by atoms with E-state index in [1.807, 2.05) is 0 Å². The van der Waals surface area contributed by atoms with Gasteiger partial charge in [0.1, 0.15) is 0 Å². The van der Waals surface area contributed by atoms with E-state index < -0.39 is 0 Å². The van der Waals surface area contributed by atoms with Gasteiger partial charge in [-0.3, -0.25) is 0 Å². The van der Waals surface area contributed by atoms with Crippen LogP contribution < -0.4 is 24.8 Å². The molecule has 2 aromatic rings. The maximum absolute atomic E-state index is 2.44. The van der Waals surface area contributed by atoms with Crippen LogP contribution in [0, 0.1) is 24.7 Å². The summed E-state index contributed by atoms with van der Waals surface area (Å²) in [6, 6.07) is 22.0. The fraction of sp³-hybridized carbons (Fsp3) is 0.378. The van der Waals surface area contributed by atoms with E-state index in [0.717, 1.165) is 0 Å². The Morgan fingerprint density at radius 3 is 1.35 bits per heavy atom. The fourth-order valence-electron chi connectivity index (χ4n) is 6.29. The molecular formula is C37H44Cl2Zr-2. The van der Waals surface area contributed by atoms with Crippen molar-refractivity contribution < 1.29 is 49.0 Å². The Kier molecular flexibility index (Phi) is 15.1. The van der Waals surface area contributed by atoms with Crippen LogP contribution in [0.2, 0.25) is 0 Å². The summed E-state index contributed by atoms with van der Waals surface area (Å²) in [4.78, 5) is 0. The maximum Gasteiger partial charge on any atom is -1.00 e. The molecule has 4 atom stereocenters. The van der Waals surface area contributed by atoms with Gasteiger partial charge in [-0.15, -0.1) is 12.2 Å². The number of halogens is 2. The van der Waals surface area contributed by atoms with Crippen molar-refractivity contribution in [2.45, 2.75) is 78.1 Å². The van der Waals surface area contributed by atoms with E-state index in [0.29, 0.717) is 23.7 Å². The van der Waals surface area contributed by atoms with Crippen LogP contribution >= 0.6 is 0 Å². The molecule has 3 heteroatoms. The number of benzene rings is 2. The Hall–Kier alpha value is -1.53. The van der Waals surface area contributed by atoms with Gasteiger partial charge in [0, 0.05) is 0 Å². The minimum atomic E-state index is 0. The molecule has 0 bridgehead atoms. The fourth-order valence-corrected chi connectivity index (χ4v) is 6.29. The second-order valence-electron chi connectivity index (χ2n) is 11.5. The van der Waals surface area contributed by atoms with Gasteiger partial charge in [-0.05, 0) is 24.7 Å². The van der Waals surface area contributed by atoms with Gasteiger partial charge >= 0.3 is 41.3 Å². The third-order valence-electron chi connectivity index (χ3n) is 7.84. The molecule has 0 saturated carbocycles. The van der Waals surface area contributed by atoms with Crippen LogP contribution in [0.15, 0.2) is 107 Å². The van der Waals surface area contributed by atoms with Crippen LogP contribution in [0.25, 0.3) is 0 Å². The molecule has 0 amide bonds. The predicted molar refractivity (Wildman–Crippen MR) is 162 cm³/mol. The number of hydrogen-bond donors (Lipinski definition) is 0. The minimum Gasteiger partial charge on any atom is -1.00 e. The van der Waals surface area contributed by atoms with Crippen LogP contribution in [0.3, 0.4) is 0 Å². The molecule has 0 spiro atoms. The van der Waals surface area contributed by atoms with Crippen LogP contribution in [-0.2, 0) is 24.2 Å². The molecule has 4 aliphatic rings. The van der Waals surface area contributed by atoms with Gasteiger partial charge in [-0.25, -0.2) is 0 Å². The van der Waals surface area contributed by atoms with Crippen molar-refractivity contribution in [2.75, 3.05) is 0 Å². The molecule has 212 valence electrons. The zero-order valence-corrected chi connectivity index (χ0v) is 28.5. The number of rotatable bonds is 2. The summed E-state index contributed by atoms with van der Waals surface area (Å²) in [7, 11) is 0. The molecule has 0 aromatic heterocycles. The first-order valence-electron chi connectivity index (χ1n) is 14.5. The van der Waals surface area contributed by atoms with E-state index in [1.165, 1.54) is 64.0 Å². The summed E-state index contributed by atoms with van der Waals surface area (Å²) < 4.78 is 1.51. The first-order chi connectivity index (χ1) is 18.4. The molecule has 0 radical (unpaired) electrons. The van der Waals surface area contributed by atoms with E-state index in [9.17, 15) is 0 Å². The normalized spacial score (nSPS) is 24.1. The van der Waals surface area contributed by atoms with Crippen molar-refractivity contribution >= 4 is 3.21 Å². The SMILES string of the molecule is CC1[CH-]C2=C(C1)C(c1ccccc1)CCC=C2.CC1[CH-]C2=C(C1)C(c1ccccc1)CCC=C2.C[C](C)=[Zr+2].[Cl-].[Cl-]. The predicted octanol–water partition coefficient (Wildman–Crippen LogP) is 4.08. The van der Waals surface area contributed by atoms with E-state index >= 15 is 0 Å². The summed E-state index contributed by atoms with van der Waals surface area (Å²) in [6.45, 7) is 8.89. The minimum absolute atomic E-state index is 0. The third kappa shape index (κ3) is 9.79. The Morgan fingerprint density at radius 1 is 0.650 bits per heavy atom. The average molecular weight is 651 g/mol. The van der Waals surface area contributed by atoms with Gasteiger partial charge in [-0.2, -0.15) is 47.3 Å². The molecule has 0 nitrogen and oxygen atoms in total. The zero-order valence-electron chi connectivity index (χ0n) is 24.5. The second-order valence-corrected chi connectivity index (χ2v) is 14.0. The molecule has 0 N–H and O–H groups in total. The van der Waals surface area contributed by atoms with E-state index in [1.54, 1.807) is 35.4 Å². The molecule has 4 unspecified atom stereocenters. The van der Waals surface area contributed by atoms with E-state index in [-0.39, 0.29) is 24.8 Å². The van der Waals surface area contributed by atoms with Gasteiger partial charge in [0.25, 0.3) is 0 Å².